The number of nitrogens with zero attached hydrogens (tertiary/aromatic N) is 2. The molecule has 2 aromatic carbocycles. The lowest BCUT2D eigenvalue weighted by Crippen LogP contribution is -2.34. The predicted octanol–water partition coefficient (Wildman–Crippen LogP) is 5.60. The minimum atomic E-state index is -3.54. The summed E-state index contributed by atoms with van der Waals surface area (Å²) in [6, 6.07) is 10.5. The Balaban J connectivity index is 1.70. The monoisotopic (exact) mass is 528 g/mol. The maximum atomic E-state index is 12.8. The number of carbonyl (C=O) groups is 1. The van der Waals surface area contributed by atoms with Gasteiger partial charge in [0.15, 0.2) is 15.7 Å². The fourth-order valence-electron chi connectivity index (χ4n) is 4.22. The summed E-state index contributed by atoms with van der Waals surface area (Å²) in [6.45, 7) is 7.11. The van der Waals surface area contributed by atoms with E-state index in [1.165, 1.54) is 6.20 Å². The largest absolute Gasteiger partial charge is 0.495 e. The Labute approximate surface area is 216 Å². The van der Waals surface area contributed by atoms with Crippen molar-refractivity contribution < 1.29 is 17.9 Å². The second kappa shape index (κ2) is 9.71. The van der Waals surface area contributed by atoms with Gasteiger partial charge in [-0.1, -0.05) is 23.7 Å². The van der Waals surface area contributed by atoms with Crippen LogP contribution in [0.1, 0.15) is 45.2 Å². The molecule has 0 spiro atoms. The summed E-state index contributed by atoms with van der Waals surface area (Å²) in [4.78, 5) is 21.5. The highest BCUT2D eigenvalue weighted by Gasteiger charge is 2.36. The summed E-state index contributed by atoms with van der Waals surface area (Å²) in [5, 5.41) is 5.85. The Kier molecular flexibility index (Phi) is 6.99. The zero-order valence-electron chi connectivity index (χ0n) is 20.8. The standard InChI is InChI=1S/C26H29ClN4O4S/c1-15(2)36(33,34)22-9-7-6-8-19(22)29-24-18(27)14-28-25(31-24)30-20-13-17-16(12-21(20)35-5)10-11-23(32)26(17,3)4/h6-9,12-15H,10-11H2,1-5H3,(H2,28,29,30,31). The molecule has 3 aromatic rings. The first-order valence-corrected chi connectivity index (χ1v) is 13.5. The van der Waals surface area contributed by atoms with Crippen molar-refractivity contribution in [1.29, 1.82) is 0 Å². The highest BCUT2D eigenvalue weighted by atomic mass is 35.5. The van der Waals surface area contributed by atoms with E-state index in [1.807, 2.05) is 26.0 Å². The van der Waals surface area contributed by atoms with E-state index in [1.54, 1.807) is 45.2 Å². The lowest BCUT2D eigenvalue weighted by molar-refractivity contribution is -0.124. The minimum Gasteiger partial charge on any atom is -0.495 e. The highest BCUT2D eigenvalue weighted by Crippen LogP contribution is 2.40. The third-order valence-electron chi connectivity index (χ3n) is 6.48. The van der Waals surface area contributed by atoms with Crippen LogP contribution in [0.3, 0.4) is 0 Å². The topological polar surface area (TPSA) is 110 Å². The van der Waals surface area contributed by atoms with E-state index < -0.39 is 20.5 Å². The molecule has 0 bridgehead atoms. The Bertz CT molecular complexity index is 1440. The van der Waals surface area contributed by atoms with E-state index in [9.17, 15) is 13.2 Å². The molecule has 0 saturated carbocycles. The molecule has 2 N–H and O–H groups in total. The van der Waals surface area contributed by atoms with Crippen LogP contribution in [0.4, 0.5) is 23.1 Å². The number of anilines is 4. The summed E-state index contributed by atoms with van der Waals surface area (Å²) >= 11 is 6.36. The van der Waals surface area contributed by atoms with Crippen molar-refractivity contribution in [3.63, 3.8) is 0 Å². The van der Waals surface area contributed by atoms with Crippen molar-refractivity contribution in [2.24, 2.45) is 0 Å². The van der Waals surface area contributed by atoms with Crippen LogP contribution in [0.5, 0.6) is 5.75 Å². The van der Waals surface area contributed by atoms with Crippen LogP contribution in [-0.2, 0) is 26.5 Å². The Morgan fingerprint density at radius 1 is 1.08 bits per heavy atom. The number of hydrogen-bond acceptors (Lipinski definition) is 8. The van der Waals surface area contributed by atoms with Crippen LogP contribution in [0.2, 0.25) is 5.02 Å². The van der Waals surface area contributed by atoms with Gasteiger partial charge in [0, 0.05) is 11.8 Å². The van der Waals surface area contributed by atoms with Gasteiger partial charge in [0.2, 0.25) is 5.95 Å². The maximum Gasteiger partial charge on any atom is 0.229 e. The quantitative estimate of drug-likeness (QED) is 0.407. The first kappa shape index (κ1) is 25.9. The smallest absolute Gasteiger partial charge is 0.229 e. The molecule has 0 atom stereocenters. The van der Waals surface area contributed by atoms with Gasteiger partial charge in [-0.2, -0.15) is 4.98 Å². The van der Waals surface area contributed by atoms with E-state index in [0.717, 1.165) is 11.1 Å². The van der Waals surface area contributed by atoms with Crippen LogP contribution in [0.25, 0.3) is 0 Å². The molecule has 0 saturated heterocycles. The third kappa shape index (κ3) is 4.77. The summed E-state index contributed by atoms with van der Waals surface area (Å²) in [5.41, 5.74) is 2.36. The van der Waals surface area contributed by atoms with Crippen LogP contribution in [0.15, 0.2) is 47.5 Å². The summed E-state index contributed by atoms with van der Waals surface area (Å²) in [7, 11) is -1.96. The van der Waals surface area contributed by atoms with Gasteiger partial charge >= 0.3 is 0 Å². The average Bonchev–Trinajstić information content (AvgIpc) is 2.84. The van der Waals surface area contributed by atoms with Crippen LogP contribution in [0, 0.1) is 0 Å². The normalized spacial score (nSPS) is 14.9. The predicted molar refractivity (Wildman–Crippen MR) is 142 cm³/mol. The molecule has 10 heteroatoms. The second-order valence-electron chi connectivity index (χ2n) is 9.49. The van der Waals surface area contributed by atoms with Gasteiger partial charge in [-0.25, -0.2) is 13.4 Å². The molecule has 0 aliphatic heterocycles. The van der Waals surface area contributed by atoms with Crippen molar-refractivity contribution in [3.05, 3.63) is 58.7 Å². The van der Waals surface area contributed by atoms with Crippen molar-refractivity contribution in [1.82, 2.24) is 9.97 Å². The highest BCUT2D eigenvalue weighted by molar-refractivity contribution is 7.92. The number of halogens is 1. The zero-order valence-corrected chi connectivity index (χ0v) is 22.4. The van der Waals surface area contributed by atoms with Gasteiger partial charge in [-0.05, 0) is 69.5 Å². The number of ketones is 1. The second-order valence-corrected chi connectivity index (χ2v) is 12.4. The molecule has 1 aliphatic carbocycles. The maximum absolute atomic E-state index is 12.8. The summed E-state index contributed by atoms with van der Waals surface area (Å²) in [6.07, 6.45) is 2.59. The molecule has 0 radical (unpaired) electrons. The SMILES string of the molecule is COc1cc2c(cc1Nc1ncc(Cl)c(Nc3ccccc3S(=O)(=O)C(C)C)n1)C(C)(C)C(=O)CC2. The van der Waals surface area contributed by atoms with Crippen molar-refractivity contribution >= 4 is 50.4 Å². The number of fused-ring (bicyclic) bond motifs is 1. The molecule has 0 unspecified atom stereocenters. The molecule has 1 aliphatic rings. The van der Waals surface area contributed by atoms with Gasteiger partial charge < -0.3 is 15.4 Å². The number of nitrogens with one attached hydrogen (secondary N) is 2. The Hall–Kier alpha value is -3.17. The molecule has 0 amide bonds. The van der Waals surface area contributed by atoms with Gasteiger partial charge in [0.1, 0.15) is 16.6 Å². The lowest BCUT2D eigenvalue weighted by Gasteiger charge is -2.32. The van der Waals surface area contributed by atoms with Gasteiger partial charge in [0.05, 0.1) is 34.8 Å². The number of ether oxygens (including phenoxy) is 1. The van der Waals surface area contributed by atoms with Crippen LogP contribution >= 0.6 is 11.6 Å². The number of methoxy groups -OCH3 is 1. The van der Waals surface area contributed by atoms with E-state index in [2.05, 4.69) is 20.6 Å². The van der Waals surface area contributed by atoms with Gasteiger partial charge in [0.25, 0.3) is 0 Å². The molecular weight excluding hydrogens is 500 g/mol. The number of Topliss-reactive ketones (excluding diaryl/α,β-unsaturated/α-hetero) is 1. The molecule has 1 aromatic heterocycles. The van der Waals surface area contributed by atoms with Crippen molar-refractivity contribution in [3.8, 4) is 5.75 Å². The van der Waals surface area contributed by atoms with Crippen LogP contribution < -0.4 is 15.4 Å². The Morgan fingerprint density at radius 3 is 2.50 bits per heavy atom. The van der Waals surface area contributed by atoms with E-state index in [4.69, 9.17) is 16.3 Å². The van der Waals surface area contributed by atoms with Gasteiger partial charge in [-0.3, -0.25) is 4.79 Å². The van der Waals surface area contributed by atoms with E-state index in [0.29, 0.717) is 30.0 Å². The fraction of sp³-hybridized carbons (Fsp3) is 0.346. The number of rotatable bonds is 7. The van der Waals surface area contributed by atoms with Crippen molar-refractivity contribution in [2.75, 3.05) is 17.7 Å². The molecular formula is C26H29ClN4O4S. The molecule has 8 nitrogen and oxygen atoms in total. The first-order chi connectivity index (χ1) is 16.9. The summed E-state index contributed by atoms with van der Waals surface area (Å²) in [5.74, 6) is 1.26. The van der Waals surface area contributed by atoms with E-state index >= 15 is 0 Å². The van der Waals surface area contributed by atoms with Crippen LogP contribution in [-0.4, -0.2) is 36.5 Å². The first-order valence-electron chi connectivity index (χ1n) is 11.6. The molecule has 4 rings (SSSR count). The molecule has 190 valence electrons. The molecule has 0 fully saturated rings. The number of para-hydroxylation sites is 1. The minimum absolute atomic E-state index is 0.160. The van der Waals surface area contributed by atoms with E-state index in [-0.39, 0.29) is 27.5 Å². The summed E-state index contributed by atoms with van der Waals surface area (Å²) < 4.78 is 31.3. The van der Waals surface area contributed by atoms with Crippen molar-refractivity contribution in [2.45, 2.75) is 56.1 Å². The zero-order chi connectivity index (χ0) is 26.3. The average molecular weight is 529 g/mol. The number of sulfone groups is 1. The number of aryl methyl sites for hydroxylation is 1. The fourth-order valence-corrected chi connectivity index (χ4v) is 5.56. The number of benzene rings is 2. The Morgan fingerprint density at radius 2 is 1.81 bits per heavy atom. The lowest BCUT2D eigenvalue weighted by atomic mass is 9.71. The number of carbonyl (C=O) groups excluding carboxylic acids is 1. The number of hydrogen-bond donors (Lipinski definition) is 2. The molecule has 36 heavy (non-hydrogen) atoms. The van der Waals surface area contributed by atoms with Gasteiger partial charge in [-0.15, -0.1) is 0 Å². The molecule has 1 heterocycles. The number of aromatic nitrogens is 2. The third-order valence-corrected chi connectivity index (χ3v) is 8.96.